The van der Waals surface area contributed by atoms with Crippen LogP contribution in [0.3, 0.4) is 0 Å². The molecule has 0 spiro atoms. The van der Waals surface area contributed by atoms with Gasteiger partial charge in [0, 0.05) is 19.0 Å². The zero-order valence-corrected chi connectivity index (χ0v) is 12.6. The van der Waals surface area contributed by atoms with Gasteiger partial charge in [-0.2, -0.15) is 4.31 Å². The summed E-state index contributed by atoms with van der Waals surface area (Å²) in [4.78, 5) is 11.7. The van der Waals surface area contributed by atoms with E-state index in [9.17, 15) is 13.2 Å². The van der Waals surface area contributed by atoms with Gasteiger partial charge in [0.25, 0.3) is 0 Å². The van der Waals surface area contributed by atoms with Gasteiger partial charge < -0.3 is 5.32 Å². The van der Waals surface area contributed by atoms with Gasteiger partial charge in [0.1, 0.15) is 0 Å². The number of rotatable bonds is 4. The van der Waals surface area contributed by atoms with Crippen molar-refractivity contribution in [3.8, 4) is 0 Å². The SMILES string of the molecule is O=C1CN(S(=O)(=O)c2ccc(CCCl)cc2)CCCN1. The molecule has 1 heterocycles. The van der Waals surface area contributed by atoms with E-state index in [1.54, 1.807) is 24.3 Å². The van der Waals surface area contributed by atoms with Crippen LogP contribution in [0.25, 0.3) is 0 Å². The Morgan fingerprint density at radius 2 is 1.95 bits per heavy atom. The van der Waals surface area contributed by atoms with Crippen molar-refractivity contribution in [1.82, 2.24) is 9.62 Å². The van der Waals surface area contributed by atoms with E-state index in [-0.39, 0.29) is 17.3 Å². The molecule has 0 saturated carbocycles. The molecular weight excluding hydrogens is 300 g/mol. The van der Waals surface area contributed by atoms with Crippen molar-refractivity contribution < 1.29 is 13.2 Å². The maximum absolute atomic E-state index is 12.5. The monoisotopic (exact) mass is 316 g/mol. The van der Waals surface area contributed by atoms with Crippen molar-refractivity contribution in [1.29, 1.82) is 0 Å². The fraction of sp³-hybridized carbons (Fsp3) is 0.462. The summed E-state index contributed by atoms with van der Waals surface area (Å²) in [5.41, 5.74) is 0.993. The van der Waals surface area contributed by atoms with E-state index in [1.807, 2.05) is 0 Å². The number of sulfonamides is 1. The summed E-state index contributed by atoms with van der Waals surface area (Å²) in [6, 6.07) is 6.65. The Bertz CT molecular complexity index is 572. The summed E-state index contributed by atoms with van der Waals surface area (Å²) < 4.78 is 26.2. The molecule has 0 aromatic heterocycles. The van der Waals surface area contributed by atoms with Gasteiger partial charge in [-0.25, -0.2) is 8.42 Å². The molecule has 1 aliphatic heterocycles. The fourth-order valence-electron chi connectivity index (χ4n) is 2.07. The van der Waals surface area contributed by atoms with E-state index in [2.05, 4.69) is 5.32 Å². The standard InChI is InChI=1S/C13H17ClN2O3S/c14-7-6-11-2-4-12(5-3-11)20(18,19)16-9-1-8-15-13(17)10-16/h2-5H,1,6-10H2,(H,15,17). The number of alkyl halides is 1. The van der Waals surface area contributed by atoms with Crippen LogP contribution in [0, 0.1) is 0 Å². The molecule has 1 saturated heterocycles. The summed E-state index contributed by atoms with van der Waals surface area (Å²) in [6.45, 7) is 0.746. The lowest BCUT2D eigenvalue weighted by atomic mass is 10.2. The minimum absolute atomic E-state index is 0.119. The summed E-state index contributed by atoms with van der Waals surface area (Å²) >= 11 is 5.65. The van der Waals surface area contributed by atoms with Crippen LogP contribution >= 0.6 is 11.6 Å². The molecule has 5 nitrogen and oxygen atoms in total. The van der Waals surface area contributed by atoms with E-state index >= 15 is 0 Å². The molecule has 1 aliphatic rings. The highest BCUT2D eigenvalue weighted by Gasteiger charge is 2.27. The largest absolute Gasteiger partial charge is 0.355 e. The van der Waals surface area contributed by atoms with Crippen LogP contribution in [0.2, 0.25) is 0 Å². The Kier molecular flexibility index (Phi) is 5.01. The van der Waals surface area contributed by atoms with Crippen LogP contribution < -0.4 is 5.32 Å². The summed E-state index contributed by atoms with van der Waals surface area (Å²) in [7, 11) is -3.61. The number of aryl methyl sites for hydroxylation is 1. The molecule has 2 rings (SSSR count). The number of hydrogen-bond acceptors (Lipinski definition) is 3. The van der Waals surface area contributed by atoms with Crippen LogP contribution in [0.4, 0.5) is 0 Å². The molecule has 1 aromatic carbocycles. The zero-order chi connectivity index (χ0) is 14.6. The number of halogens is 1. The van der Waals surface area contributed by atoms with Crippen molar-refractivity contribution in [2.24, 2.45) is 0 Å². The molecule has 1 fully saturated rings. The lowest BCUT2D eigenvalue weighted by Gasteiger charge is -2.18. The Balaban J connectivity index is 2.22. The summed E-state index contributed by atoms with van der Waals surface area (Å²) in [6.07, 6.45) is 1.32. The smallest absolute Gasteiger partial charge is 0.243 e. The van der Waals surface area contributed by atoms with E-state index < -0.39 is 10.0 Å². The predicted octanol–water partition coefficient (Wildman–Crippen LogP) is 0.978. The first-order valence-corrected chi connectivity index (χ1v) is 8.43. The van der Waals surface area contributed by atoms with Gasteiger partial charge in [0.15, 0.2) is 0 Å². The third kappa shape index (κ3) is 3.50. The van der Waals surface area contributed by atoms with Crippen molar-refractivity contribution in [2.45, 2.75) is 17.7 Å². The molecule has 110 valence electrons. The van der Waals surface area contributed by atoms with Gasteiger partial charge in [0.2, 0.25) is 15.9 Å². The van der Waals surface area contributed by atoms with Crippen LogP contribution in [0.1, 0.15) is 12.0 Å². The molecular formula is C13H17ClN2O3S. The third-order valence-corrected chi connectivity index (χ3v) is 5.22. The fourth-order valence-corrected chi connectivity index (χ4v) is 3.72. The second-order valence-corrected chi connectivity index (χ2v) is 6.94. The normalized spacial score (nSPS) is 17.6. The van der Waals surface area contributed by atoms with Crippen molar-refractivity contribution >= 4 is 27.5 Å². The minimum Gasteiger partial charge on any atom is -0.355 e. The number of carbonyl (C=O) groups is 1. The zero-order valence-electron chi connectivity index (χ0n) is 11.0. The number of nitrogens with zero attached hydrogens (tertiary/aromatic N) is 1. The van der Waals surface area contributed by atoms with Crippen molar-refractivity contribution in [3.05, 3.63) is 29.8 Å². The Morgan fingerprint density at radius 3 is 2.60 bits per heavy atom. The molecule has 0 bridgehead atoms. The van der Waals surface area contributed by atoms with E-state index in [0.29, 0.717) is 31.8 Å². The van der Waals surface area contributed by atoms with Crippen LogP contribution in [0.15, 0.2) is 29.2 Å². The van der Waals surface area contributed by atoms with Crippen LogP contribution in [0.5, 0.6) is 0 Å². The van der Waals surface area contributed by atoms with Crippen molar-refractivity contribution in [3.63, 3.8) is 0 Å². The van der Waals surface area contributed by atoms with Crippen LogP contribution in [-0.2, 0) is 21.2 Å². The van der Waals surface area contributed by atoms with Crippen molar-refractivity contribution in [2.75, 3.05) is 25.5 Å². The second kappa shape index (κ2) is 6.56. The number of benzene rings is 1. The lowest BCUT2D eigenvalue weighted by Crippen LogP contribution is -2.37. The Hall–Kier alpha value is -1.11. The lowest BCUT2D eigenvalue weighted by molar-refractivity contribution is -0.120. The topological polar surface area (TPSA) is 66.5 Å². The molecule has 1 N–H and O–H groups in total. The quantitative estimate of drug-likeness (QED) is 0.842. The molecule has 7 heteroatoms. The molecule has 1 aromatic rings. The first-order chi connectivity index (χ1) is 9.54. The summed E-state index contributed by atoms with van der Waals surface area (Å²) in [5, 5.41) is 2.66. The number of carbonyl (C=O) groups excluding carboxylic acids is 1. The van der Waals surface area contributed by atoms with E-state index in [4.69, 9.17) is 11.6 Å². The van der Waals surface area contributed by atoms with E-state index in [0.717, 1.165) is 5.56 Å². The average molecular weight is 317 g/mol. The highest BCUT2D eigenvalue weighted by Crippen LogP contribution is 2.17. The van der Waals surface area contributed by atoms with Gasteiger partial charge >= 0.3 is 0 Å². The minimum atomic E-state index is -3.61. The maximum atomic E-state index is 12.5. The Labute approximate surface area is 124 Å². The van der Waals surface area contributed by atoms with Gasteiger partial charge in [-0.15, -0.1) is 11.6 Å². The molecule has 0 atom stereocenters. The molecule has 0 radical (unpaired) electrons. The maximum Gasteiger partial charge on any atom is 0.243 e. The summed E-state index contributed by atoms with van der Waals surface area (Å²) in [5.74, 6) is 0.239. The number of hydrogen-bond donors (Lipinski definition) is 1. The first-order valence-electron chi connectivity index (χ1n) is 6.46. The Morgan fingerprint density at radius 1 is 1.25 bits per heavy atom. The second-order valence-electron chi connectivity index (χ2n) is 4.63. The highest BCUT2D eigenvalue weighted by molar-refractivity contribution is 7.89. The van der Waals surface area contributed by atoms with E-state index in [1.165, 1.54) is 4.31 Å². The first kappa shape index (κ1) is 15.3. The third-order valence-electron chi connectivity index (χ3n) is 3.17. The molecule has 20 heavy (non-hydrogen) atoms. The van der Waals surface area contributed by atoms with Gasteiger partial charge in [-0.3, -0.25) is 4.79 Å². The molecule has 1 amide bonds. The molecule has 0 unspecified atom stereocenters. The average Bonchev–Trinajstić information content (AvgIpc) is 2.65. The number of nitrogens with one attached hydrogen (secondary N) is 1. The van der Waals surface area contributed by atoms with Crippen LogP contribution in [-0.4, -0.2) is 44.1 Å². The predicted molar refractivity (Wildman–Crippen MR) is 77.3 cm³/mol. The van der Waals surface area contributed by atoms with Gasteiger partial charge in [-0.1, -0.05) is 12.1 Å². The highest BCUT2D eigenvalue weighted by atomic mass is 35.5. The number of amides is 1. The van der Waals surface area contributed by atoms with Gasteiger partial charge in [-0.05, 0) is 30.5 Å². The van der Waals surface area contributed by atoms with Gasteiger partial charge in [0.05, 0.1) is 11.4 Å². The molecule has 0 aliphatic carbocycles.